The number of nitrogens with one attached hydrogen (secondary N) is 1. The average Bonchev–Trinajstić information content (AvgIpc) is 1.30. The van der Waals surface area contributed by atoms with Gasteiger partial charge in [0.2, 0.25) is 0 Å². The molecular weight excluding hydrogens is 167 g/mol. The number of amides is 1. The van der Waals surface area contributed by atoms with Gasteiger partial charge in [-0.15, -0.1) is 0 Å². The van der Waals surface area contributed by atoms with E-state index in [1.54, 1.807) is 6.54 Å². The molecule has 0 aliphatic carbocycles. The van der Waals surface area contributed by atoms with Crippen molar-refractivity contribution in [3.63, 3.8) is 0 Å². The summed E-state index contributed by atoms with van der Waals surface area (Å²) in [6.07, 6.45) is 0.611. The van der Waals surface area contributed by atoms with Crippen molar-refractivity contribution >= 4 is 5.91 Å². The van der Waals surface area contributed by atoms with Crippen LogP contribution in [0.5, 0.6) is 0 Å². The van der Waals surface area contributed by atoms with E-state index in [1.165, 1.54) is 0 Å². The van der Waals surface area contributed by atoms with Crippen LogP contribution in [0.3, 0.4) is 0 Å². The molecule has 1 aliphatic heterocycles. The van der Waals surface area contributed by atoms with E-state index in [0.29, 0.717) is 6.42 Å². The van der Waals surface area contributed by atoms with Gasteiger partial charge in [0.05, 0.1) is 0 Å². The first-order valence-corrected chi connectivity index (χ1v) is 1.50. The van der Waals surface area contributed by atoms with Gasteiger partial charge in [-0.2, -0.15) is 0 Å². The summed E-state index contributed by atoms with van der Waals surface area (Å²) in [6, 6.07) is 0. The van der Waals surface area contributed by atoms with Crippen molar-refractivity contribution in [3.05, 3.63) is 14.0 Å². The van der Waals surface area contributed by atoms with Crippen LogP contribution in [0.2, 0.25) is 0 Å². The van der Waals surface area contributed by atoms with Crippen LogP contribution in [0.25, 0.3) is 0 Å². The molecule has 1 saturated heterocycles. The number of hydrogen-bond acceptors (Lipinski definition) is 1. The van der Waals surface area contributed by atoms with Crippen molar-refractivity contribution in [1.82, 2.24) is 5.32 Å². The Morgan fingerprint density at radius 3 is 2.00 bits per heavy atom. The van der Waals surface area contributed by atoms with E-state index in [2.05, 4.69) is 5.32 Å². The summed E-state index contributed by atoms with van der Waals surface area (Å²) in [5.41, 5.74) is 0. The third-order valence-corrected chi connectivity index (χ3v) is 0.551. The molecule has 0 bridgehead atoms. The third-order valence-electron chi connectivity index (χ3n) is 0.551. The van der Waals surface area contributed by atoms with Gasteiger partial charge >= 0.3 is 0 Å². The fraction of sp³-hybridized carbons (Fsp3) is 0.250. The van der Waals surface area contributed by atoms with Gasteiger partial charge in [-0.1, -0.05) is 6.42 Å². The summed E-state index contributed by atoms with van der Waals surface area (Å²) in [7, 11) is 0. The monoisotopic (exact) mass is 174 g/mol. The summed E-state index contributed by atoms with van der Waals surface area (Å²) in [6.45, 7) is 1.72. The topological polar surface area (TPSA) is 29.1 Å². The largest absolute Gasteiger partial charge is 0.507 e. The molecule has 7 heavy (non-hydrogen) atoms. The Kier molecular flexibility index (Phi) is 7.11. The number of hydrogen-bond donors (Lipinski definition) is 1. The first kappa shape index (κ1) is 10.5. The predicted octanol–water partition coefficient (Wildman–Crippen LogP) is 0.116. The molecule has 3 heteroatoms. The van der Waals surface area contributed by atoms with Crippen molar-refractivity contribution in [2.45, 2.75) is 6.42 Å². The zero-order chi connectivity index (χ0) is 3.70. The van der Waals surface area contributed by atoms with Gasteiger partial charge in [-0.3, -0.25) is 4.79 Å². The van der Waals surface area contributed by atoms with Crippen LogP contribution >= 0.6 is 0 Å². The summed E-state index contributed by atoms with van der Waals surface area (Å²) < 4.78 is 0. The quantitative estimate of drug-likeness (QED) is 0.410. The van der Waals surface area contributed by atoms with Gasteiger partial charge < -0.3 is 12.7 Å². The van der Waals surface area contributed by atoms with Crippen molar-refractivity contribution < 1.29 is 37.5 Å². The Balaban J connectivity index is 0. The number of β-lactam (4-membered cyclic amide) rings is 1. The Morgan fingerprint density at radius 1 is 1.71 bits per heavy atom. The van der Waals surface area contributed by atoms with E-state index < -0.39 is 0 Å². The fourth-order valence-corrected chi connectivity index (χ4v) is 0.185. The van der Waals surface area contributed by atoms with E-state index in [0.717, 1.165) is 0 Å². The molecule has 2 nitrogen and oxygen atoms in total. The molecule has 1 radical (unpaired) electrons. The Hall–Kier alpha value is 0.574. The molecule has 1 amide bonds. The Morgan fingerprint density at radius 2 is 2.00 bits per heavy atom. The predicted molar refractivity (Wildman–Crippen MR) is 23.5 cm³/mol. The van der Waals surface area contributed by atoms with E-state index in [-0.39, 0.29) is 46.0 Å². The smallest absolute Gasteiger partial charge is 0.162 e. The first-order chi connectivity index (χ1) is 2.39. The second kappa shape index (κ2) is 4.73. The maximum atomic E-state index is 9.76. The summed E-state index contributed by atoms with van der Waals surface area (Å²) in [5, 5.41) is 2.44. The minimum Gasteiger partial charge on any atom is -0.507 e. The van der Waals surface area contributed by atoms with E-state index in [4.69, 9.17) is 0 Å². The summed E-state index contributed by atoms with van der Waals surface area (Å²) in [4.78, 5) is 9.76. The van der Waals surface area contributed by atoms with Crippen LogP contribution < -0.4 is 5.32 Å². The number of carbonyl (C=O) groups is 1. The average molecular weight is 174 g/mol. The van der Waals surface area contributed by atoms with Crippen molar-refractivity contribution in [2.24, 2.45) is 0 Å². The van der Waals surface area contributed by atoms with Crippen molar-refractivity contribution in [1.29, 1.82) is 0 Å². The molecule has 1 N–H and O–H groups in total. The maximum Gasteiger partial charge on any atom is 0.162 e. The standard InChI is InChI=1S/C3H4NO.CH3.Y/c5-3-1-2-4-3;;/h2H,1H2,(H,4,5);1H3;/q2*-1;. The molecule has 1 rings (SSSR count). The molecule has 0 aromatic carbocycles. The van der Waals surface area contributed by atoms with Gasteiger partial charge in [-0.25, -0.2) is 6.54 Å². The van der Waals surface area contributed by atoms with Crippen LogP contribution in [-0.2, 0) is 37.5 Å². The minimum atomic E-state index is 0. The Bertz CT molecular complexity index is 58.7. The molecule has 0 unspecified atom stereocenters. The molecule has 1 fully saturated rings. The van der Waals surface area contributed by atoms with Crippen LogP contribution in [0.15, 0.2) is 0 Å². The zero-order valence-corrected chi connectivity index (χ0v) is 7.11. The van der Waals surface area contributed by atoms with Gasteiger partial charge in [-0.05, 0) is 0 Å². The molecule has 39 valence electrons. The zero-order valence-electron chi connectivity index (χ0n) is 4.27. The molecule has 0 atom stereocenters. The van der Waals surface area contributed by atoms with Gasteiger partial charge in [0.15, 0.2) is 5.91 Å². The minimum absolute atomic E-state index is 0. The molecule has 0 saturated carbocycles. The van der Waals surface area contributed by atoms with Gasteiger partial charge in [0.1, 0.15) is 0 Å². The van der Waals surface area contributed by atoms with Gasteiger partial charge in [0, 0.05) is 32.7 Å². The van der Waals surface area contributed by atoms with E-state index >= 15 is 0 Å². The second-order valence-corrected chi connectivity index (χ2v) is 0.976. The first-order valence-electron chi connectivity index (χ1n) is 1.50. The van der Waals surface area contributed by atoms with Crippen LogP contribution in [0, 0.1) is 14.0 Å². The maximum absolute atomic E-state index is 9.76. The molecule has 0 spiro atoms. The SMILES string of the molecule is O=C1C[CH-]N1.[CH3-].[Y]. The summed E-state index contributed by atoms with van der Waals surface area (Å²) >= 11 is 0. The normalized spacial score (nSPS) is 14.6. The Labute approximate surface area is 68.9 Å². The van der Waals surface area contributed by atoms with Gasteiger partial charge in [0.25, 0.3) is 0 Å². The molecule has 1 aliphatic rings. The van der Waals surface area contributed by atoms with Crippen LogP contribution in [0.4, 0.5) is 0 Å². The molecule has 1 heterocycles. The van der Waals surface area contributed by atoms with E-state index in [9.17, 15) is 4.79 Å². The second-order valence-electron chi connectivity index (χ2n) is 0.976. The van der Waals surface area contributed by atoms with Crippen LogP contribution in [-0.4, -0.2) is 5.91 Å². The third kappa shape index (κ3) is 3.18. The van der Waals surface area contributed by atoms with E-state index in [1.807, 2.05) is 0 Å². The van der Waals surface area contributed by atoms with Crippen LogP contribution in [0.1, 0.15) is 6.42 Å². The fourth-order valence-electron chi connectivity index (χ4n) is 0.185. The molecule has 0 aromatic rings. The number of carbonyl (C=O) groups excluding carboxylic acids is 1. The van der Waals surface area contributed by atoms with Crippen molar-refractivity contribution in [3.8, 4) is 0 Å². The van der Waals surface area contributed by atoms with Crippen molar-refractivity contribution in [2.75, 3.05) is 0 Å². The number of rotatable bonds is 0. The molecule has 0 aromatic heterocycles. The summed E-state index contributed by atoms with van der Waals surface area (Å²) in [5.74, 6) is 0.130. The molecular formula is C4H7NOY-2.